The number of nitrogens with zero attached hydrogens (tertiary/aromatic N) is 4. The number of amidine groups is 1. The number of amides is 1. The summed E-state index contributed by atoms with van der Waals surface area (Å²) >= 11 is 0.890. The van der Waals surface area contributed by atoms with Gasteiger partial charge in [0.25, 0.3) is 5.75 Å². The fraction of sp³-hybridized carbons (Fsp3) is 0.158. The van der Waals surface area contributed by atoms with E-state index in [1.807, 2.05) is 0 Å². The number of nitro groups is 2. The fourth-order valence-electron chi connectivity index (χ4n) is 2.77. The Morgan fingerprint density at radius 2 is 1.75 bits per heavy atom. The van der Waals surface area contributed by atoms with Crippen LogP contribution in [0.25, 0.3) is 0 Å². The number of hydrogen-bond donors (Lipinski definition) is 2. The summed E-state index contributed by atoms with van der Waals surface area (Å²) in [6.07, 6.45) is -4.22. The summed E-state index contributed by atoms with van der Waals surface area (Å²) in [6.45, 7) is 0. The fourth-order valence-corrected chi connectivity index (χ4v) is 3.69. The lowest BCUT2D eigenvalue weighted by Crippen LogP contribution is -2.26. The van der Waals surface area contributed by atoms with Crippen molar-refractivity contribution in [1.82, 2.24) is 5.32 Å². The molecule has 1 aliphatic rings. The van der Waals surface area contributed by atoms with Gasteiger partial charge in [0.2, 0.25) is 5.91 Å². The van der Waals surface area contributed by atoms with E-state index < -0.39 is 62.3 Å². The molecule has 0 spiro atoms. The van der Waals surface area contributed by atoms with Crippen LogP contribution in [0.15, 0.2) is 46.6 Å². The summed E-state index contributed by atoms with van der Waals surface area (Å²) in [6, 6.07) is 5.48. The van der Waals surface area contributed by atoms with Crippen LogP contribution in [-0.4, -0.2) is 43.5 Å². The van der Waals surface area contributed by atoms with E-state index >= 15 is 0 Å². The van der Waals surface area contributed by atoms with Crippen molar-refractivity contribution < 1.29 is 42.5 Å². The molecule has 1 saturated heterocycles. The van der Waals surface area contributed by atoms with Gasteiger partial charge in [0.05, 0.1) is 28.0 Å². The highest BCUT2D eigenvalue weighted by molar-refractivity contribution is 8.15. The zero-order valence-corrected chi connectivity index (χ0v) is 18.3. The van der Waals surface area contributed by atoms with Crippen molar-refractivity contribution in [3.05, 3.63) is 67.8 Å². The molecule has 1 amide bonds. The van der Waals surface area contributed by atoms with Crippen molar-refractivity contribution in [3.63, 3.8) is 0 Å². The number of halogens is 3. The average Bonchev–Trinajstić information content (AvgIpc) is 3.12. The summed E-state index contributed by atoms with van der Waals surface area (Å²) in [5.74, 6) is -2.80. The molecule has 1 aliphatic heterocycles. The van der Waals surface area contributed by atoms with E-state index in [2.05, 4.69) is 15.5 Å². The highest BCUT2D eigenvalue weighted by atomic mass is 32.2. The lowest BCUT2D eigenvalue weighted by Gasteiger charge is -2.11. The number of thioether (sulfide) groups is 1. The first kappa shape index (κ1) is 26.1. The number of carboxylic acid groups (broad SMARTS) is 1. The minimum absolute atomic E-state index is 0.0874. The molecule has 0 aliphatic carbocycles. The predicted octanol–water partition coefficient (Wildman–Crippen LogP) is 3.71. The van der Waals surface area contributed by atoms with E-state index in [4.69, 9.17) is 9.84 Å². The molecular weight excluding hydrogens is 515 g/mol. The normalized spacial score (nSPS) is 16.8. The Hall–Kier alpha value is -4.54. The minimum Gasteiger partial charge on any atom is -0.481 e. The number of carboxylic acids is 1. The molecule has 1 fully saturated rings. The molecule has 0 bridgehead atoms. The molecule has 0 aromatic heterocycles. The molecule has 188 valence electrons. The van der Waals surface area contributed by atoms with Gasteiger partial charge in [0.15, 0.2) is 5.17 Å². The van der Waals surface area contributed by atoms with Gasteiger partial charge in [0, 0.05) is 12.1 Å². The Balaban J connectivity index is 1.79. The topological polar surface area (TPSA) is 187 Å². The number of benzene rings is 2. The number of nitrogens with one attached hydrogen (secondary N) is 1. The summed E-state index contributed by atoms with van der Waals surface area (Å²) in [5.41, 5.74) is -3.66. The van der Waals surface area contributed by atoms with Crippen molar-refractivity contribution in [3.8, 4) is 11.5 Å². The van der Waals surface area contributed by atoms with Crippen LogP contribution < -0.4 is 10.1 Å². The third-order valence-electron chi connectivity index (χ3n) is 4.36. The second-order valence-electron chi connectivity index (χ2n) is 6.87. The monoisotopic (exact) mass is 527 g/mol. The molecule has 36 heavy (non-hydrogen) atoms. The van der Waals surface area contributed by atoms with E-state index in [1.165, 1.54) is 30.5 Å². The maximum absolute atomic E-state index is 13.0. The summed E-state index contributed by atoms with van der Waals surface area (Å²) in [7, 11) is 0. The first-order valence-electron chi connectivity index (χ1n) is 9.47. The molecular formula is C19H12F3N5O8S. The molecule has 3 rings (SSSR count). The third kappa shape index (κ3) is 6.32. The second kappa shape index (κ2) is 10.4. The lowest BCUT2D eigenvalue weighted by atomic mass is 10.1. The number of ether oxygens (including phenoxy) is 1. The van der Waals surface area contributed by atoms with Gasteiger partial charge in [-0.3, -0.25) is 29.8 Å². The van der Waals surface area contributed by atoms with Crippen LogP contribution in [0.5, 0.6) is 11.5 Å². The van der Waals surface area contributed by atoms with Crippen LogP contribution in [-0.2, 0) is 15.8 Å². The number of aliphatic carboxylic acids is 1. The number of carbonyl (C=O) groups excluding carboxylic acids is 1. The van der Waals surface area contributed by atoms with E-state index in [0.717, 1.165) is 11.8 Å². The lowest BCUT2D eigenvalue weighted by molar-refractivity contribution is -0.396. The highest BCUT2D eigenvalue weighted by Crippen LogP contribution is 2.44. The van der Waals surface area contributed by atoms with Crippen molar-refractivity contribution in [2.45, 2.75) is 17.8 Å². The van der Waals surface area contributed by atoms with E-state index in [9.17, 15) is 43.0 Å². The number of rotatable bonds is 8. The molecule has 2 aromatic carbocycles. The Morgan fingerprint density at radius 3 is 2.25 bits per heavy atom. The van der Waals surface area contributed by atoms with Crippen LogP contribution in [0.1, 0.15) is 17.5 Å². The Labute approximate surface area is 202 Å². The van der Waals surface area contributed by atoms with Gasteiger partial charge in [-0.05, 0) is 29.8 Å². The minimum atomic E-state index is -5.06. The predicted molar refractivity (Wildman–Crippen MR) is 118 cm³/mol. The number of hydrogen-bond acceptors (Lipinski definition) is 10. The highest BCUT2D eigenvalue weighted by Gasteiger charge is 2.38. The molecule has 17 heteroatoms. The van der Waals surface area contributed by atoms with Crippen LogP contribution >= 0.6 is 11.8 Å². The van der Waals surface area contributed by atoms with E-state index in [1.54, 1.807) is 0 Å². The number of carbonyl (C=O) groups is 2. The Kier molecular flexibility index (Phi) is 7.52. The molecule has 2 N–H and O–H groups in total. The van der Waals surface area contributed by atoms with Crippen molar-refractivity contribution in [2.75, 3.05) is 0 Å². The molecule has 0 saturated carbocycles. The van der Waals surface area contributed by atoms with Crippen molar-refractivity contribution in [1.29, 1.82) is 0 Å². The van der Waals surface area contributed by atoms with Crippen LogP contribution in [0.2, 0.25) is 0 Å². The molecule has 1 unspecified atom stereocenters. The standard InChI is InChI=1S/C19H12F3N5O8S/c20-19(21,22)10-5-12(26(31)32)16(13(6-10)27(33)34)35-11-3-1-9(2-4-11)8-23-25-18-24-17(30)14(36-18)7-15(28)29/h1-6,8,14H,7H2,(H,28,29)(H,24,25,30). The van der Waals surface area contributed by atoms with E-state index in [0.29, 0.717) is 5.56 Å². The number of alkyl halides is 3. The third-order valence-corrected chi connectivity index (χ3v) is 5.43. The average molecular weight is 527 g/mol. The number of nitro benzene ring substituents is 2. The summed E-state index contributed by atoms with van der Waals surface area (Å²) in [4.78, 5) is 42.5. The SMILES string of the molecule is O=C(O)CC1SC(=NN=Cc2ccc(Oc3c([N+](=O)[O-])cc(C(F)(F)F)cc3[N+](=O)[O-])cc2)NC1=O. The molecule has 1 atom stereocenters. The zero-order valence-electron chi connectivity index (χ0n) is 17.5. The molecule has 0 radical (unpaired) electrons. The van der Waals surface area contributed by atoms with Gasteiger partial charge in [-0.2, -0.15) is 18.3 Å². The summed E-state index contributed by atoms with van der Waals surface area (Å²) < 4.78 is 44.2. The maximum atomic E-state index is 13.0. The van der Waals surface area contributed by atoms with Gasteiger partial charge in [0.1, 0.15) is 11.0 Å². The van der Waals surface area contributed by atoms with Gasteiger partial charge in [-0.15, -0.1) is 5.10 Å². The zero-order chi connectivity index (χ0) is 26.6. The van der Waals surface area contributed by atoms with Gasteiger partial charge in [-0.1, -0.05) is 11.8 Å². The molecule has 1 heterocycles. The van der Waals surface area contributed by atoms with Gasteiger partial charge < -0.3 is 15.2 Å². The quantitative estimate of drug-likeness (QED) is 0.293. The van der Waals surface area contributed by atoms with Gasteiger partial charge >= 0.3 is 23.5 Å². The van der Waals surface area contributed by atoms with Crippen LogP contribution in [0, 0.1) is 20.2 Å². The van der Waals surface area contributed by atoms with Crippen LogP contribution in [0.4, 0.5) is 24.5 Å². The maximum Gasteiger partial charge on any atom is 0.416 e. The summed E-state index contributed by atoms with van der Waals surface area (Å²) in [5, 5.41) is 40.5. The molecule has 2 aromatic rings. The molecule has 13 nitrogen and oxygen atoms in total. The van der Waals surface area contributed by atoms with Crippen LogP contribution in [0.3, 0.4) is 0 Å². The smallest absolute Gasteiger partial charge is 0.416 e. The second-order valence-corrected chi connectivity index (χ2v) is 8.06. The Bertz CT molecular complexity index is 1260. The van der Waals surface area contributed by atoms with Crippen molar-refractivity contribution >= 4 is 46.4 Å². The Morgan fingerprint density at radius 1 is 1.17 bits per heavy atom. The van der Waals surface area contributed by atoms with E-state index in [-0.39, 0.29) is 23.0 Å². The largest absolute Gasteiger partial charge is 0.481 e. The first-order chi connectivity index (χ1) is 16.8. The first-order valence-corrected chi connectivity index (χ1v) is 10.4. The van der Waals surface area contributed by atoms with Gasteiger partial charge in [-0.25, -0.2) is 0 Å². The van der Waals surface area contributed by atoms with Crippen molar-refractivity contribution in [2.24, 2.45) is 10.2 Å².